The van der Waals surface area contributed by atoms with Crippen LogP contribution in [0.5, 0.6) is 0 Å². The molecule has 0 radical (unpaired) electrons. The molecule has 1 aliphatic heterocycles. The average Bonchev–Trinajstić information content (AvgIpc) is 3.25. The van der Waals surface area contributed by atoms with Gasteiger partial charge in [-0.2, -0.15) is 0 Å². The Kier molecular flexibility index (Phi) is 6.19. The van der Waals surface area contributed by atoms with Crippen molar-refractivity contribution < 1.29 is 19.1 Å². The highest BCUT2D eigenvalue weighted by Gasteiger charge is 2.52. The molecular weight excluding hydrogens is 452 g/mol. The van der Waals surface area contributed by atoms with Gasteiger partial charge in [0, 0.05) is 30.7 Å². The van der Waals surface area contributed by atoms with Crippen LogP contribution in [0.4, 0.5) is 4.79 Å². The van der Waals surface area contributed by atoms with Crippen LogP contribution in [0.25, 0.3) is 10.9 Å². The molecule has 5 rings (SSSR count). The predicted octanol–water partition coefficient (Wildman–Crippen LogP) is 6.41. The Hall–Kier alpha value is -3.12. The van der Waals surface area contributed by atoms with Crippen LogP contribution in [0.2, 0.25) is 0 Å². The van der Waals surface area contributed by atoms with Gasteiger partial charge in [0.2, 0.25) is 0 Å². The number of aromatic nitrogens is 1. The van der Waals surface area contributed by atoms with E-state index in [4.69, 9.17) is 9.47 Å². The number of hydrogen-bond donors (Lipinski definition) is 0. The van der Waals surface area contributed by atoms with Crippen LogP contribution < -0.4 is 0 Å². The number of likely N-dealkylation sites (tertiary alicyclic amines) is 1. The van der Waals surface area contributed by atoms with Gasteiger partial charge in [-0.3, -0.25) is 9.47 Å². The fourth-order valence-corrected chi connectivity index (χ4v) is 5.85. The molecule has 1 aliphatic carbocycles. The summed E-state index contributed by atoms with van der Waals surface area (Å²) in [5.74, 6) is 1.11. The van der Waals surface area contributed by atoms with Gasteiger partial charge in [-0.05, 0) is 100 Å². The molecule has 2 heterocycles. The minimum atomic E-state index is -0.554. The second kappa shape index (κ2) is 9.07. The largest absolute Gasteiger partial charge is 0.462 e. The number of rotatable bonds is 5. The van der Waals surface area contributed by atoms with Crippen LogP contribution in [0.3, 0.4) is 0 Å². The van der Waals surface area contributed by atoms with Crippen molar-refractivity contribution in [3.8, 4) is 0 Å². The lowest BCUT2D eigenvalue weighted by Crippen LogP contribution is -2.27. The number of aryl methyl sites for hydroxylation is 2. The number of piperidine rings is 1. The van der Waals surface area contributed by atoms with E-state index in [1.165, 1.54) is 23.1 Å². The second-order valence-corrected chi connectivity index (χ2v) is 11.3. The smallest absolute Gasteiger partial charge is 0.418 e. The first kappa shape index (κ1) is 24.6. The van der Waals surface area contributed by atoms with Crippen molar-refractivity contribution in [2.24, 2.45) is 11.8 Å². The first-order valence-corrected chi connectivity index (χ1v) is 12.9. The van der Waals surface area contributed by atoms with E-state index in [1.807, 2.05) is 46.0 Å². The Balaban J connectivity index is 1.45. The van der Waals surface area contributed by atoms with Gasteiger partial charge in [0.05, 0.1) is 17.7 Å². The minimum Gasteiger partial charge on any atom is -0.462 e. The van der Waals surface area contributed by atoms with Gasteiger partial charge in [0.25, 0.3) is 0 Å². The topological polar surface area (TPSA) is 60.8 Å². The monoisotopic (exact) mass is 488 g/mol. The van der Waals surface area contributed by atoms with Crippen molar-refractivity contribution >= 4 is 23.0 Å². The second-order valence-electron chi connectivity index (χ2n) is 11.3. The zero-order chi connectivity index (χ0) is 25.8. The molecule has 0 N–H and O–H groups in total. The van der Waals surface area contributed by atoms with Crippen LogP contribution in [0.15, 0.2) is 42.6 Å². The Morgan fingerprint density at radius 3 is 2.44 bits per heavy atom. The van der Waals surface area contributed by atoms with E-state index in [2.05, 4.69) is 43.0 Å². The summed E-state index contributed by atoms with van der Waals surface area (Å²) in [6.45, 7) is 14.0. The van der Waals surface area contributed by atoms with Crippen molar-refractivity contribution in [1.29, 1.82) is 0 Å². The summed E-state index contributed by atoms with van der Waals surface area (Å²) in [5, 5.41) is 1.11. The molecular formula is C30H36N2O4. The number of ether oxygens (including phenoxy) is 2. The van der Waals surface area contributed by atoms with Crippen LogP contribution >= 0.6 is 0 Å². The third kappa shape index (κ3) is 4.55. The van der Waals surface area contributed by atoms with Gasteiger partial charge < -0.3 is 9.47 Å². The van der Waals surface area contributed by atoms with E-state index in [-0.39, 0.29) is 12.1 Å². The number of hydrogen-bond acceptors (Lipinski definition) is 5. The molecule has 3 unspecified atom stereocenters. The van der Waals surface area contributed by atoms with E-state index in [0.29, 0.717) is 24.1 Å². The van der Waals surface area contributed by atoms with E-state index in [1.54, 1.807) is 4.57 Å². The molecule has 0 spiro atoms. The number of nitrogens with zero attached hydrogens (tertiary/aromatic N) is 2. The van der Waals surface area contributed by atoms with Crippen molar-refractivity contribution in [2.75, 3.05) is 13.2 Å². The molecule has 3 atom stereocenters. The maximum Gasteiger partial charge on any atom is 0.418 e. The number of fused-ring (bicyclic) bond motifs is 2. The Labute approximate surface area is 213 Å². The van der Waals surface area contributed by atoms with Crippen molar-refractivity contribution in [1.82, 2.24) is 9.47 Å². The van der Waals surface area contributed by atoms with E-state index < -0.39 is 5.60 Å². The quantitative estimate of drug-likeness (QED) is 0.388. The van der Waals surface area contributed by atoms with Crippen molar-refractivity contribution in [3.05, 3.63) is 70.4 Å². The van der Waals surface area contributed by atoms with Gasteiger partial charge in [-0.1, -0.05) is 18.2 Å². The summed E-state index contributed by atoms with van der Waals surface area (Å²) in [7, 11) is 0. The summed E-state index contributed by atoms with van der Waals surface area (Å²) in [6.07, 6.45) is 2.75. The fraction of sp³-hybridized carbons (Fsp3) is 0.467. The summed E-state index contributed by atoms with van der Waals surface area (Å²) in [6, 6.07) is 12.5. The molecule has 3 aromatic rings. The zero-order valence-corrected chi connectivity index (χ0v) is 22.1. The lowest BCUT2D eigenvalue weighted by molar-refractivity contribution is 0.0521. The lowest BCUT2D eigenvalue weighted by atomic mass is 9.97. The first-order valence-electron chi connectivity index (χ1n) is 12.9. The molecule has 2 aromatic carbocycles. The SMILES string of the molecule is CCOC(=O)c1ccc(C2C3CC3CN2Cc2c(C)cc(C)c3c2ccn3C(=O)OC(C)(C)C)cc1. The number of esters is 1. The molecule has 6 heteroatoms. The summed E-state index contributed by atoms with van der Waals surface area (Å²) < 4.78 is 12.5. The number of carbonyl (C=O) groups excluding carboxylic acids is 2. The molecule has 1 saturated carbocycles. The molecule has 2 aliphatic rings. The number of benzene rings is 2. The Bertz CT molecular complexity index is 1320. The highest BCUT2D eigenvalue weighted by atomic mass is 16.6. The van der Waals surface area contributed by atoms with Crippen molar-refractivity contribution in [2.45, 2.75) is 66.2 Å². The molecule has 36 heavy (non-hydrogen) atoms. The lowest BCUT2D eigenvalue weighted by Gasteiger charge is -2.29. The van der Waals surface area contributed by atoms with Gasteiger partial charge in [0.1, 0.15) is 5.60 Å². The van der Waals surface area contributed by atoms with E-state index in [0.717, 1.165) is 35.5 Å². The van der Waals surface area contributed by atoms with Crippen LogP contribution in [0.1, 0.15) is 72.8 Å². The van der Waals surface area contributed by atoms with Crippen LogP contribution in [-0.2, 0) is 16.0 Å². The van der Waals surface area contributed by atoms with Crippen LogP contribution in [-0.4, -0.2) is 40.3 Å². The van der Waals surface area contributed by atoms with E-state index >= 15 is 0 Å². The fourth-order valence-electron chi connectivity index (χ4n) is 5.85. The highest BCUT2D eigenvalue weighted by Crippen LogP contribution is 2.57. The summed E-state index contributed by atoms with van der Waals surface area (Å²) in [4.78, 5) is 27.6. The van der Waals surface area contributed by atoms with Gasteiger partial charge >= 0.3 is 12.1 Å². The summed E-state index contributed by atoms with van der Waals surface area (Å²) in [5.41, 5.74) is 5.77. The third-order valence-corrected chi connectivity index (χ3v) is 7.45. The minimum absolute atomic E-state index is 0.274. The maximum atomic E-state index is 12.9. The molecule has 2 fully saturated rings. The predicted molar refractivity (Wildman–Crippen MR) is 140 cm³/mol. The van der Waals surface area contributed by atoms with Gasteiger partial charge in [-0.15, -0.1) is 0 Å². The standard InChI is InChI=1S/C30H36N2O4/c1-7-35-28(33)21-10-8-20(9-11-21)27-24-15-22(24)16-31(27)17-25-18(2)14-19(3)26-23(25)12-13-32(26)29(34)36-30(4,5)6/h8-14,22,24,27H,7,15-17H2,1-6H3. The molecule has 6 nitrogen and oxygen atoms in total. The van der Waals surface area contributed by atoms with Crippen molar-refractivity contribution in [3.63, 3.8) is 0 Å². The first-order chi connectivity index (χ1) is 17.1. The van der Waals surface area contributed by atoms with Gasteiger partial charge in [0.15, 0.2) is 0 Å². The molecule has 1 aromatic heterocycles. The van der Waals surface area contributed by atoms with E-state index in [9.17, 15) is 9.59 Å². The Morgan fingerprint density at radius 2 is 1.78 bits per heavy atom. The maximum absolute atomic E-state index is 12.9. The molecule has 190 valence electrons. The molecule has 0 bridgehead atoms. The Morgan fingerprint density at radius 1 is 1.06 bits per heavy atom. The highest BCUT2D eigenvalue weighted by molar-refractivity contribution is 5.94. The summed E-state index contributed by atoms with van der Waals surface area (Å²) >= 11 is 0. The average molecular weight is 489 g/mol. The number of carbonyl (C=O) groups is 2. The third-order valence-electron chi connectivity index (χ3n) is 7.45. The van der Waals surface area contributed by atoms with Gasteiger partial charge in [-0.25, -0.2) is 9.59 Å². The molecule has 1 saturated heterocycles. The molecule has 0 amide bonds. The normalized spacial score (nSPS) is 21.4. The zero-order valence-electron chi connectivity index (χ0n) is 22.1. The van der Waals surface area contributed by atoms with Crippen LogP contribution in [0, 0.1) is 25.7 Å².